The maximum absolute atomic E-state index is 15.7. The number of aromatic nitrogens is 2. The van der Waals surface area contributed by atoms with Gasteiger partial charge in [-0.2, -0.15) is 4.98 Å². The van der Waals surface area contributed by atoms with Gasteiger partial charge < -0.3 is 9.80 Å². The van der Waals surface area contributed by atoms with Crippen molar-refractivity contribution < 1.29 is 22.0 Å². The topological polar surface area (TPSA) is 119 Å². The molecule has 212 valence electrons. The lowest BCUT2D eigenvalue weighted by molar-refractivity contribution is -0.126. The van der Waals surface area contributed by atoms with Crippen LogP contribution in [0.15, 0.2) is 76.9 Å². The number of anilines is 1. The SMILES string of the molecule is C=CC(=O)N1CCN(c2nc(=O)n(-c3c(C)cccc3S(N)(=O)=O)c3cc(-c4ccccc4F)c(F)cc23)[C@@H](C)C1. The van der Waals surface area contributed by atoms with E-state index in [9.17, 15) is 22.4 Å². The molecule has 4 aromatic rings. The van der Waals surface area contributed by atoms with Crippen LogP contribution in [0.25, 0.3) is 27.7 Å². The smallest absolute Gasteiger partial charge is 0.350 e. The molecule has 1 aliphatic heterocycles. The molecule has 1 aliphatic rings. The summed E-state index contributed by atoms with van der Waals surface area (Å²) in [5.41, 5.74) is -0.530. The number of rotatable bonds is 5. The highest BCUT2D eigenvalue weighted by Gasteiger charge is 2.30. The van der Waals surface area contributed by atoms with Crippen molar-refractivity contribution in [2.45, 2.75) is 24.8 Å². The number of nitrogens with zero attached hydrogens (tertiary/aromatic N) is 4. The van der Waals surface area contributed by atoms with E-state index in [-0.39, 0.29) is 56.9 Å². The quantitative estimate of drug-likeness (QED) is 0.362. The van der Waals surface area contributed by atoms with Crippen LogP contribution in [0.3, 0.4) is 0 Å². The number of carbonyl (C=O) groups excluding carboxylic acids is 1. The zero-order valence-electron chi connectivity index (χ0n) is 22.3. The Labute approximate surface area is 235 Å². The molecule has 1 aromatic heterocycles. The highest BCUT2D eigenvalue weighted by molar-refractivity contribution is 7.89. The summed E-state index contributed by atoms with van der Waals surface area (Å²) in [7, 11) is -4.30. The molecule has 2 N–H and O–H groups in total. The first-order valence-corrected chi connectivity index (χ1v) is 14.3. The molecule has 0 aliphatic carbocycles. The van der Waals surface area contributed by atoms with Gasteiger partial charge in [0, 0.05) is 42.2 Å². The number of fused-ring (bicyclic) bond motifs is 1. The van der Waals surface area contributed by atoms with Crippen molar-refractivity contribution in [3.05, 3.63) is 94.9 Å². The van der Waals surface area contributed by atoms with Gasteiger partial charge >= 0.3 is 5.69 Å². The average molecular weight is 580 g/mol. The predicted molar refractivity (Wildman–Crippen MR) is 152 cm³/mol. The van der Waals surface area contributed by atoms with E-state index in [1.807, 2.05) is 6.92 Å². The molecule has 1 amide bonds. The van der Waals surface area contributed by atoms with Crippen LogP contribution in [-0.2, 0) is 14.8 Å². The predicted octanol–water partition coefficient (Wildman–Crippen LogP) is 3.51. The van der Waals surface area contributed by atoms with E-state index in [1.54, 1.807) is 28.9 Å². The second-order valence-corrected chi connectivity index (χ2v) is 11.4. The lowest BCUT2D eigenvalue weighted by Gasteiger charge is -2.40. The fourth-order valence-electron chi connectivity index (χ4n) is 5.30. The molecule has 0 unspecified atom stereocenters. The Morgan fingerprint density at radius 1 is 1.07 bits per heavy atom. The number of para-hydroxylation sites is 1. The van der Waals surface area contributed by atoms with Crippen LogP contribution in [0.4, 0.5) is 14.6 Å². The summed E-state index contributed by atoms with van der Waals surface area (Å²) in [6, 6.07) is 12.2. The molecule has 0 radical (unpaired) electrons. The number of piperazine rings is 1. The molecule has 12 heteroatoms. The number of hydrogen-bond acceptors (Lipinski definition) is 6. The first-order chi connectivity index (χ1) is 19.4. The second kappa shape index (κ2) is 10.5. The number of benzene rings is 3. The normalized spacial score (nSPS) is 15.8. The van der Waals surface area contributed by atoms with E-state index >= 15 is 4.39 Å². The second-order valence-electron chi connectivity index (χ2n) is 9.88. The Bertz CT molecular complexity index is 1890. The van der Waals surface area contributed by atoms with Crippen molar-refractivity contribution in [3.63, 3.8) is 0 Å². The van der Waals surface area contributed by atoms with E-state index in [1.165, 1.54) is 42.5 Å². The highest BCUT2D eigenvalue weighted by atomic mass is 32.2. The summed E-state index contributed by atoms with van der Waals surface area (Å²) in [5, 5.41) is 5.71. The minimum atomic E-state index is -4.30. The van der Waals surface area contributed by atoms with Gasteiger partial charge in [-0.05, 0) is 49.8 Å². The van der Waals surface area contributed by atoms with Crippen LogP contribution >= 0.6 is 0 Å². The summed E-state index contributed by atoms with van der Waals surface area (Å²) in [4.78, 5) is 33.4. The van der Waals surface area contributed by atoms with Gasteiger partial charge in [0.1, 0.15) is 22.3 Å². The summed E-state index contributed by atoms with van der Waals surface area (Å²) >= 11 is 0. The molecule has 1 fully saturated rings. The number of hydrogen-bond donors (Lipinski definition) is 1. The van der Waals surface area contributed by atoms with E-state index in [2.05, 4.69) is 11.6 Å². The molecule has 5 rings (SSSR count). The van der Waals surface area contributed by atoms with Crippen molar-refractivity contribution in [3.8, 4) is 16.8 Å². The minimum Gasteiger partial charge on any atom is -0.350 e. The number of carbonyl (C=O) groups is 1. The maximum Gasteiger partial charge on any atom is 0.354 e. The minimum absolute atomic E-state index is 0.0364. The van der Waals surface area contributed by atoms with Crippen LogP contribution in [0.1, 0.15) is 12.5 Å². The monoisotopic (exact) mass is 579 g/mol. The van der Waals surface area contributed by atoms with Crippen LogP contribution in [0, 0.1) is 18.6 Å². The fourth-order valence-corrected chi connectivity index (χ4v) is 6.09. The van der Waals surface area contributed by atoms with E-state index < -0.39 is 27.3 Å². The molecule has 0 spiro atoms. The maximum atomic E-state index is 15.7. The number of sulfonamides is 1. The largest absolute Gasteiger partial charge is 0.354 e. The molecular formula is C29H27F2N5O4S. The Hall–Kier alpha value is -4.42. The van der Waals surface area contributed by atoms with Crippen molar-refractivity contribution in [2.75, 3.05) is 24.5 Å². The lowest BCUT2D eigenvalue weighted by atomic mass is 10.0. The van der Waals surface area contributed by atoms with Gasteiger partial charge in [0.25, 0.3) is 0 Å². The van der Waals surface area contributed by atoms with Gasteiger partial charge in [-0.1, -0.05) is 36.9 Å². The first-order valence-electron chi connectivity index (χ1n) is 12.7. The van der Waals surface area contributed by atoms with E-state index in [4.69, 9.17) is 5.14 Å². The zero-order chi connectivity index (χ0) is 29.6. The summed E-state index contributed by atoms with van der Waals surface area (Å²) in [6.07, 6.45) is 1.22. The average Bonchev–Trinajstić information content (AvgIpc) is 2.92. The van der Waals surface area contributed by atoms with Gasteiger partial charge in [0.15, 0.2) is 0 Å². The summed E-state index contributed by atoms with van der Waals surface area (Å²) in [5.74, 6) is -1.52. The first kappa shape index (κ1) is 28.1. The molecule has 3 aromatic carbocycles. The van der Waals surface area contributed by atoms with Gasteiger partial charge in [-0.25, -0.2) is 27.1 Å². The number of amides is 1. The highest BCUT2D eigenvalue weighted by Crippen LogP contribution is 2.35. The standard InChI is InChI=1S/C29H27F2N5O4S/c1-4-26(37)34-12-13-35(18(3)16-34)28-21-14-23(31)20(19-9-5-6-10-22(19)30)15-24(21)36(29(38)33-28)27-17(2)8-7-11-25(27)41(32,39)40/h4-11,14-15,18H,1,12-13,16H2,2-3H3,(H2,32,39,40)/t18-/m0/s1. The third-order valence-corrected chi connectivity index (χ3v) is 8.18. The van der Waals surface area contributed by atoms with Crippen molar-refractivity contribution in [2.24, 2.45) is 5.14 Å². The van der Waals surface area contributed by atoms with Crippen molar-refractivity contribution in [1.29, 1.82) is 0 Å². The van der Waals surface area contributed by atoms with Gasteiger partial charge in [-0.3, -0.25) is 9.36 Å². The molecule has 1 saturated heterocycles. The van der Waals surface area contributed by atoms with Crippen LogP contribution in [0.2, 0.25) is 0 Å². The fraction of sp³-hybridized carbons (Fsp3) is 0.207. The molecule has 1 atom stereocenters. The third-order valence-electron chi connectivity index (χ3n) is 7.24. The number of primary sulfonamides is 1. The Morgan fingerprint density at radius 2 is 1.80 bits per heavy atom. The Balaban J connectivity index is 1.84. The summed E-state index contributed by atoms with van der Waals surface area (Å²) < 4.78 is 56.8. The van der Waals surface area contributed by atoms with Crippen LogP contribution in [-0.4, -0.2) is 54.5 Å². The van der Waals surface area contributed by atoms with Crippen LogP contribution in [0.5, 0.6) is 0 Å². The molecule has 0 saturated carbocycles. The Morgan fingerprint density at radius 3 is 2.46 bits per heavy atom. The number of nitrogens with two attached hydrogens (primary N) is 1. The van der Waals surface area contributed by atoms with Gasteiger partial charge in [-0.15, -0.1) is 0 Å². The lowest BCUT2D eigenvalue weighted by Crippen LogP contribution is -2.54. The summed E-state index contributed by atoms with van der Waals surface area (Å²) in [6.45, 7) is 7.88. The Kier molecular flexibility index (Phi) is 7.22. The van der Waals surface area contributed by atoms with Crippen molar-refractivity contribution in [1.82, 2.24) is 14.5 Å². The van der Waals surface area contributed by atoms with Gasteiger partial charge in [0.2, 0.25) is 15.9 Å². The van der Waals surface area contributed by atoms with E-state index in [0.29, 0.717) is 18.7 Å². The molecule has 0 bridgehead atoms. The molecule has 41 heavy (non-hydrogen) atoms. The van der Waals surface area contributed by atoms with Gasteiger partial charge in [0.05, 0.1) is 11.2 Å². The number of halogens is 2. The van der Waals surface area contributed by atoms with Crippen LogP contribution < -0.4 is 15.7 Å². The third kappa shape index (κ3) is 5.00. The molecule has 2 heterocycles. The molecular weight excluding hydrogens is 552 g/mol. The number of aryl methyl sites for hydroxylation is 1. The van der Waals surface area contributed by atoms with Crippen molar-refractivity contribution >= 4 is 32.7 Å². The van der Waals surface area contributed by atoms with E-state index in [0.717, 1.165) is 10.6 Å². The zero-order valence-corrected chi connectivity index (χ0v) is 23.2. The molecule has 9 nitrogen and oxygen atoms in total.